The zero-order chi connectivity index (χ0) is 25.6. The zero-order valence-corrected chi connectivity index (χ0v) is 22.5. The Balaban J connectivity index is -0.000000340. The molecule has 7 N–H and O–H groups in total. The van der Waals surface area contributed by atoms with Gasteiger partial charge < -0.3 is 32.9 Å². The van der Waals surface area contributed by atoms with E-state index in [9.17, 15) is 24.0 Å². The molecule has 0 saturated carbocycles. The Morgan fingerprint density at radius 2 is 1.15 bits per heavy atom. The van der Waals surface area contributed by atoms with Crippen molar-refractivity contribution in [3.05, 3.63) is 0 Å². The monoisotopic (exact) mass is 500 g/mol. The second-order valence-corrected chi connectivity index (χ2v) is 7.85. The summed E-state index contributed by atoms with van der Waals surface area (Å²) >= 11 is 0. The van der Waals surface area contributed by atoms with Crippen LogP contribution in [0.25, 0.3) is 0 Å². The standard InChI is InChI=1S/C17H31NO5.C5H9NO4.Na.H/c1-2-3-4-5-6-7-8-9-10-11-15(19)18-14(17(22)23)12-13-16(20)21;6-3(5(9)10)1-2-4(7)8;;/h14H,2-13H2,1H3,(H,18,19)(H,20,21)(H,22,23);3H,1-2,6H2,(H,7,8)(H,9,10);;/q;;+1;-1/t14-;3-;;/m00../s1. The van der Waals surface area contributed by atoms with E-state index in [4.69, 9.17) is 26.2 Å². The number of hydrogen-bond acceptors (Lipinski definition) is 6. The Kier molecular flexibility index (Phi) is 26.5. The van der Waals surface area contributed by atoms with E-state index in [0.29, 0.717) is 6.42 Å². The molecule has 0 bridgehead atoms. The number of amides is 1. The van der Waals surface area contributed by atoms with E-state index in [1.807, 2.05) is 0 Å². The zero-order valence-electron chi connectivity index (χ0n) is 21.5. The van der Waals surface area contributed by atoms with Crippen LogP contribution >= 0.6 is 0 Å². The van der Waals surface area contributed by atoms with Crippen molar-refractivity contribution in [1.82, 2.24) is 5.32 Å². The van der Waals surface area contributed by atoms with Crippen molar-refractivity contribution >= 4 is 29.8 Å². The summed E-state index contributed by atoms with van der Waals surface area (Å²) in [6, 6.07) is -2.17. The van der Waals surface area contributed by atoms with Gasteiger partial charge in [0.25, 0.3) is 0 Å². The third kappa shape index (κ3) is 26.6. The summed E-state index contributed by atoms with van der Waals surface area (Å²) in [6.45, 7) is 2.20. The molecule has 0 unspecified atom stereocenters. The van der Waals surface area contributed by atoms with Crippen molar-refractivity contribution in [3.8, 4) is 0 Å². The Hall–Kier alpha value is -1.69. The summed E-state index contributed by atoms with van der Waals surface area (Å²) in [5.41, 5.74) is 5.00. The quantitative estimate of drug-likeness (QED) is 0.101. The average Bonchev–Trinajstić information content (AvgIpc) is 2.73. The fraction of sp³-hybridized carbons (Fsp3) is 0.773. The molecule has 194 valence electrons. The number of nitrogens with one attached hydrogen (secondary N) is 1. The van der Waals surface area contributed by atoms with Gasteiger partial charge in [-0.2, -0.15) is 0 Å². The molecule has 0 spiro atoms. The molecule has 12 heteroatoms. The summed E-state index contributed by atoms with van der Waals surface area (Å²) in [4.78, 5) is 53.0. The van der Waals surface area contributed by atoms with Crippen molar-refractivity contribution in [2.45, 2.75) is 109 Å². The van der Waals surface area contributed by atoms with Crippen LogP contribution in [0.1, 0.15) is 98.2 Å². The van der Waals surface area contributed by atoms with Gasteiger partial charge >= 0.3 is 53.4 Å². The summed E-state index contributed by atoms with van der Waals surface area (Å²) in [5.74, 6) is -4.76. The van der Waals surface area contributed by atoms with Gasteiger partial charge in [0.2, 0.25) is 5.91 Å². The van der Waals surface area contributed by atoms with Crippen molar-refractivity contribution in [1.29, 1.82) is 0 Å². The molecule has 11 nitrogen and oxygen atoms in total. The number of carboxylic acids is 4. The second kappa shape index (κ2) is 24.4. The maximum atomic E-state index is 11.7. The fourth-order valence-electron chi connectivity index (χ4n) is 2.79. The molecule has 0 aliphatic carbocycles. The van der Waals surface area contributed by atoms with Gasteiger partial charge in [-0.1, -0.05) is 58.3 Å². The number of carbonyl (C=O) groups is 5. The largest absolute Gasteiger partial charge is 1.00 e. The van der Waals surface area contributed by atoms with E-state index < -0.39 is 36.0 Å². The van der Waals surface area contributed by atoms with E-state index >= 15 is 0 Å². The van der Waals surface area contributed by atoms with Gasteiger partial charge in [0.15, 0.2) is 0 Å². The van der Waals surface area contributed by atoms with E-state index in [1.54, 1.807) is 0 Å². The van der Waals surface area contributed by atoms with Gasteiger partial charge in [0.1, 0.15) is 12.1 Å². The fourth-order valence-corrected chi connectivity index (χ4v) is 2.79. The van der Waals surface area contributed by atoms with Crippen LogP contribution in [0.2, 0.25) is 0 Å². The molecule has 0 aromatic rings. The molecular weight excluding hydrogens is 459 g/mol. The molecule has 34 heavy (non-hydrogen) atoms. The predicted molar refractivity (Wildman–Crippen MR) is 122 cm³/mol. The third-order valence-corrected chi connectivity index (χ3v) is 4.77. The number of carboxylic acid groups (broad SMARTS) is 4. The molecule has 2 atom stereocenters. The van der Waals surface area contributed by atoms with Crippen LogP contribution in [0, 0.1) is 0 Å². The van der Waals surface area contributed by atoms with Gasteiger partial charge in [-0.25, -0.2) is 4.79 Å². The van der Waals surface area contributed by atoms with E-state index in [2.05, 4.69) is 12.2 Å². The Labute approximate surface area is 224 Å². The number of unbranched alkanes of at least 4 members (excludes halogenated alkanes) is 8. The van der Waals surface area contributed by atoms with Crippen LogP contribution in [0.3, 0.4) is 0 Å². The normalized spacial score (nSPS) is 11.7. The van der Waals surface area contributed by atoms with E-state index in [0.717, 1.165) is 19.3 Å². The number of carbonyl (C=O) groups excluding carboxylic acids is 1. The van der Waals surface area contributed by atoms with Crippen molar-refractivity contribution in [2.24, 2.45) is 5.73 Å². The minimum absolute atomic E-state index is 0. The molecule has 0 aromatic heterocycles. The van der Waals surface area contributed by atoms with Crippen LogP contribution in [-0.4, -0.2) is 62.3 Å². The van der Waals surface area contributed by atoms with Crippen LogP contribution in [-0.2, 0) is 24.0 Å². The van der Waals surface area contributed by atoms with Gasteiger partial charge in [0, 0.05) is 19.3 Å². The first-order chi connectivity index (χ1) is 15.5. The van der Waals surface area contributed by atoms with Gasteiger partial charge in [-0.05, 0) is 19.3 Å². The number of hydrogen-bond donors (Lipinski definition) is 6. The summed E-state index contributed by atoms with van der Waals surface area (Å²) in [5, 5.41) is 36.2. The molecule has 0 aromatic carbocycles. The number of rotatable bonds is 19. The molecular formula is C22H41N2NaO9. The minimum Gasteiger partial charge on any atom is -1.00 e. The Morgan fingerprint density at radius 1 is 0.706 bits per heavy atom. The first-order valence-electron chi connectivity index (χ1n) is 11.4. The van der Waals surface area contributed by atoms with Crippen molar-refractivity contribution in [2.75, 3.05) is 0 Å². The van der Waals surface area contributed by atoms with Gasteiger partial charge in [-0.15, -0.1) is 0 Å². The summed E-state index contributed by atoms with van der Waals surface area (Å²) in [7, 11) is 0. The number of aliphatic carboxylic acids is 4. The van der Waals surface area contributed by atoms with Crippen molar-refractivity contribution < 1.29 is 75.4 Å². The molecule has 0 rings (SSSR count). The van der Waals surface area contributed by atoms with E-state index in [-0.39, 0.29) is 62.6 Å². The van der Waals surface area contributed by atoms with Crippen LogP contribution in [0.15, 0.2) is 0 Å². The van der Waals surface area contributed by atoms with Crippen LogP contribution < -0.4 is 40.6 Å². The Morgan fingerprint density at radius 3 is 1.56 bits per heavy atom. The Bertz CT molecular complexity index is 609. The number of nitrogens with two attached hydrogens (primary N) is 1. The predicted octanol–water partition coefficient (Wildman–Crippen LogP) is -0.279. The average molecular weight is 501 g/mol. The first kappa shape index (κ1) is 36.9. The minimum atomic E-state index is -1.19. The molecule has 0 aliphatic heterocycles. The maximum Gasteiger partial charge on any atom is 1.00 e. The molecule has 1 amide bonds. The third-order valence-electron chi connectivity index (χ3n) is 4.77. The molecule has 0 heterocycles. The smallest absolute Gasteiger partial charge is 1.00 e. The first-order valence-corrected chi connectivity index (χ1v) is 11.4. The maximum absolute atomic E-state index is 11.7. The topological polar surface area (TPSA) is 204 Å². The van der Waals surface area contributed by atoms with Crippen LogP contribution in [0.4, 0.5) is 0 Å². The molecule has 0 radical (unpaired) electrons. The second-order valence-electron chi connectivity index (χ2n) is 7.85. The summed E-state index contributed by atoms with van der Waals surface area (Å²) in [6.07, 6.45) is 10.1. The van der Waals surface area contributed by atoms with Crippen LogP contribution in [0.5, 0.6) is 0 Å². The van der Waals surface area contributed by atoms with Crippen molar-refractivity contribution in [3.63, 3.8) is 0 Å². The molecule has 0 fully saturated rings. The SMILES string of the molecule is CCCCCCCCCCCC(=O)N[C@@H](CCC(=O)O)C(=O)O.N[C@@H](CCC(=O)O)C(=O)O.[H-].[Na+]. The van der Waals surface area contributed by atoms with Gasteiger partial charge in [-0.3, -0.25) is 19.2 Å². The summed E-state index contributed by atoms with van der Waals surface area (Å²) < 4.78 is 0. The molecule has 0 saturated heterocycles. The van der Waals surface area contributed by atoms with Gasteiger partial charge in [0.05, 0.1) is 0 Å². The van der Waals surface area contributed by atoms with E-state index in [1.165, 1.54) is 38.5 Å². The molecule has 0 aliphatic rings.